The van der Waals surface area contributed by atoms with Crippen LogP contribution in [-0.4, -0.2) is 33.3 Å². The number of aromatic nitrogens is 2. The Kier molecular flexibility index (Phi) is 3.18. The van der Waals surface area contributed by atoms with E-state index in [0.29, 0.717) is 20.7 Å². The Morgan fingerprint density at radius 1 is 1.18 bits per heavy atom. The highest BCUT2D eigenvalue weighted by molar-refractivity contribution is 7.20. The number of nitrogens with zero attached hydrogens (tertiary/aromatic N) is 3. The molecule has 0 spiro atoms. The summed E-state index contributed by atoms with van der Waals surface area (Å²) in [7, 11) is 0. The number of piperidine rings is 1. The van der Waals surface area contributed by atoms with Crippen LogP contribution in [0.15, 0.2) is 35.3 Å². The Hall–Kier alpha value is -2.21. The van der Waals surface area contributed by atoms with Gasteiger partial charge in [0, 0.05) is 19.3 Å². The van der Waals surface area contributed by atoms with Gasteiger partial charge in [-0.3, -0.25) is 14.0 Å². The molecular formula is C16H15N3O2S. The quantitative estimate of drug-likeness (QED) is 0.694. The minimum atomic E-state index is -0.116. The van der Waals surface area contributed by atoms with Crippen LogP contribution in [0.25, 0.3) is 15.9 Å². The van der Waals surface area contributed by atoms with Gasteiger partial charge in [0.2, 0.25) is 0 Å². The second-order valence-electron chi connectivity index (χ2n) is 5.53. The minimum Gasteiger partial charge on any atom is -0.338 e. The number of thiophene rings is 1. The van der Waals surface area contributed by atoms with Crippen molar-refractivity contribution >= 4 is 33.1 Å². The Labute approximate surface area is 130 Å². The maximum Gasteiger partial charge on any atom is 0.266 e. The van der Waals surface area contributed by atoms with Crippen LogP contribution in [0.2, 0.25) is 0 Å². The molecule has 4 heterocycles. The predicted octanol–water partition coefficient (Wildman–Crippen LogP) is 2.54. The highest BCUT2D eigenvalue weighted by Crippen LogP contribution is 2.24. The van der Waals surface area contributed by atoms with E-state index >= 15 is 0 Å². The molecule has 1 fully saturated rings. The van der Waals surface area contributed by atoms with Crippen LogP contribution in [0, 0.1) is 0 Å². The van der Waals surface area contributed by atoms with Crippen LogP contribution in [0.1, 0.15) is 28.9 Å². The van der Waals surface area contributed by atoms with Crippen molar-refractivity contribution in [2.75, 3.05) is 13.1 Å². The van der Waals surface area contributed by atoms with Crippen molar-refractivity contribution in [3.05, 3.63) is 45.7 Å². The fourth-order valence-electron chi connectivity index (χ4n) is 2.91. The van der Waals surface area contributed by atoms with Crippen LogP contribution >= 0.6 is 11.3 Å². The van der Waals surface area contributed by atoms with Crippen LogP contribution in [-0.2, 0) is 0 Å². The first-order valence-corrected chi connectivity index (χ1v) is 8.26. The summed E-state index contributed by atoms with van der Waals surface area (Å²) in [4.78, 5) is 32.7. The third kappa shape index (κ3) is 2.11. The molecule has 22 heavy (non-hydrogen) atoms. The van der Waals surface area contributed by atoms with Gasteiger partial charge in [-0.25, -0.2) is 4.98 Å². The number of likely N-dealkylation sites (tertiary alicyclic amines) is 1. The minimum absolute atomic E-state index is 0.0242. The van der Waals surface area contributed by atoms with E-state index in [4.69, 9.17) is 0 Å². The number of hydrogen-bond donors (Lipinski definition) is 0. The molecule has 6 heteroatoms. The standard InChI is InChI=1S/C16H15N3O2S/c20-15-11-10-12(16(21)18-7-3-1-4-8-18)22-14(11)17-13-6-2-5-9-19(13)15/h2,5-6,9-10H,1,3-4,7-8H2. The van der Waals surface area contributed by atoms with Crippen molar-refractivity contribution in [1.82, 2.24) is 14.3 Å². The van der Waals surface area contributed by atoms with Gasteiger partial charge in [0.15, 0.2) is 0 Å². The first kappa shape index (κ1) is 13.5. The van der Waals surface area contributed by atoms with Crippen molar-refractivity contribution in [3.8, 4) is 0 Å². The summed E-state index contributed by atoms with van der Waals surface area (Å²) >= 11 is 1.31. The monoisotopic (exact) mass is 313 g/mol. The molecule has 0 N–H and O–H groups in total. The molecule has 5 nitrogen and oxygen atoms in total. The van der Waals surface area contributed by atoms with Gasteiger partial charge in [0.1, 0.15) is 10.5 Å². The van der Waals surface area contributed by atoms with E-state index in [0.717, 1.165) is 25.9 Å². The summed E-state index contributed by atoms with van der Waals surface area (Å²) in [5.74, 6) is 0.0242. The molecule has 1 aliphatic rings. The second kappa shape index (κ2) is 5.21. The van der Waals surface area contributed by atoms with Gasteiger partial charge in [-0.05, 0) is 37.5 Å². The Bertz CT molecular complexity index is 922. The molecule has 4 rings (SSSR count). The normalized spacial score (nSPS) is 15.5. The molecule has 0 bridgehead atoms. The van der Waals surface area contributed by atoms with E-state index in [1.165, 1.54) is 22.2 Å². The maximum atomic E-state index is 12.6. The number of carbonyl (C=O) groups is 1. The fourth-order valence-corrected chi connectivity index (χ4v) is 3.90. The van der Waals surface area contributed by atoms with Crippen molar-refractivity contribution < 1.29 is 4.79 Å². The molecule has 3 aromatic rings. The van der Waals surface area contributed by atoms with E-state index in [1.807, 2.05) is 11.0 Å². The first-order chi connectivity index (χ1) is 10.7. The molecular weight excluding hydrogens is 298 g/mol. The maximum absolute atomic E-state index is 12.6. The number of fused-ring (bicyclic) bond motifs is 2. The highest BCUT2D eigenvalue weighted by atomic mass is 32.1. The van der Waals surface area contributed by atoms with Gasteiger partial charge in [-0.2, -0.15) is 0 Å². The molecule has 1 saturated heterocycles. The van der Waals surface area contributed by atoms with E-state index in [1.54, 1.807) is 24.4 Å². The molecule has 3 aromatic heterocycles. The third-order valence-electron chi connectivity index (χ3n) is 4.07. The van der Waals surface area contributed by atoms with Crippen molar-refractivity contribution in [3.63, 3.8) is 0 Å². The lowest BCUT2D eigenvalue weighted by molar-refractivity contribution is 0.0729. The fraction of sp³-hybridized carbons (Fsp3) is 0.312. The van der Waals surface area contributed by atoms with Crippen LogP contribution in [0.5, 0.6) is 0 Å². The lowest BCUT2D eigenvalue weighted by atomic mass is 10.1. The molecule has 0 aromatic carbocycles. The lowest BCUT2D eigenvalue weighted by Gasteiger charge is -2.26. The van der Waals surface area contributed by atoms with Crippen LogP contribution in [0.3, 0.4) is 0 Å². The third-order valence-corrected chi connectivity index (χ3v) is 5.09. The molecule has 0 unspecified atom stereocenters. The molecule has 0 aliphatic carbocycles. The van der Waals surface area contributed by atoms with Crippen LogP contribution in [0.4, 0.5) is 0 Å². The largest absolute Gasteiger partial charge is 0.338 e. The lowest BCUT2D eigenvalue weighted by Crippen LogP contribution is -2.35. The average Bonchev–Trinajstić information content (AvgIpc) is 2.99. The summed E-state index contributed by atoms with van der Waals surface area (Å²) in [6, 6.07) is 7.15. The van der Waals surface area contributed by atoms with E-state index < -0.39 is 0 Å². The molecule has 0 saturated carbocycles. The van der Waals surface area contributed by atoms with Crippen LogP contribution < -0.4 is 5.56 Å². The number of carbonyl (C=O) groups excluding carboxylic acids is 1. The summed E-state index contributed by atoms with van der Waals surface area (Å²) in [5, 5.41) is 0.522. The van der Waals surface area contributed by atoms with Crippen molar-refractivity contribution in [1.29, 1.82) is 0 Å². The topological polar surface area (TPSA) is 54.7 Å². The van der Waals surface area contributed by atoms with Gasteiger partial charge in [-0.1, -0.05) is 6.07 Å². The number of hydrogen-bond acceptors (Lipinski definition) is 4. The number of amides is 1. The van der Waals surface area contributed by atoms with Gasteiger partial charge >= 0.3 is 0 Å². The van der Waals surface area contributed by atoms with E-state index in [2.05, 4.69) is 4.98 Å². The zero-order valence-corrected chi connectivity index (χ0v) is 12.8. The Morgan fingerprint density at radius 2 is 2.00 bits per heavy atom. The zero-order chi connectivity index (χ0) is 15.1. The Morgan fingerprint density at radius 3 is 2.82 bits per heavy atom. The predicted molar refractivity (Wildman–Crippen MR) is 86.6 cm³/mol. The highest BCUT2D eigenvalue weighted by Gasteiger charge is 2.21. The molecule has 1 aliphatic heterocycles. The van der Waals surface area contributed by atoms with Gasteiger partial charge in [0.25, 0.3) is 11.5 Å². The molecule has 112 valence electrons. The van der Waals surface area contributed by atoms with E-state index in [9.17, 15) is 9.59 Å². The summed E-state index contributed by atoms with van der Waals surface area (Å²) < 4.78 is 1.52. The molecule has 0 radical (unpaired) electrons. The number of rotatable bonds is 1. The smallest absolute Gasteiger partial charge is 0.266 e. The number of pyridine rings is 1. The molecule has 1 amide bonds. The van der Waals surface area contributed by atoms with Gasteiger partial charge in [0.05, 0.1) is 10.3 Å². The average molecular weight is 313 g/mol. The molecule has 0 atom stereocenters. The first-order valence-electron chi connectivity index (χ1n) is 7.44. The van der Waals surface area contributed by atoms with Gasteiger partial charge < -0.3 is 4.90 Å². The van der Waals surface area contributed by atoms with Gasteiger partial charge in [-0.15, -0.1) is 11.3 Å². The summed E-state index contributed by atoms with van der Waals surface area (Å²) in [6.45, 7) is 1.61. The van der Waals surface area contributed by atoms with Crippen molar-refractivity contribution in [2.45, 2.75) is 19.3 Å². The SMILES string of the molecule is O=C(c1cc2c(=O)n3ccccc3nc2s1)N1CCCCC1. The zero-order valence-electron chi connectivity index (χ0n) is 12.0. The summed E-state index contributed by atoms with van der Waals surface area (Å²) in [6.07, 6.45) is 5.00. The second-order valence-corrected chi connectivity index (χ2v) is 6.56. The van der Waals surface area contributed by atoms with Crippen molar-refractivity contribution in [2.24, 2.45) is 0 Å². The van der Waals surface area contributed by atoms with E-state index in [-0.39, 0.29) is 11.5 Å². The Balaban J connectivity index is 1.83. The summed E-state index contributed by atoms with van der Waals surface area (Å²) in [5.41, 5.74) is 0.494.